The fraction of sp³-hybridized carbons (Fsp3) is 0.300. The van der Waals surface area contributed by atoms with Gasteiger partial charge in [0.2, 0.25) is 0 Å². The van der Waals surface area contributed by atoms with Gasteiger partial charge in [0.1, 0.15) is 0 Å². The summed E-state index contributed by atoms with van der Waals surface area (Å²) in [5.74, 6) is -1.49. The standard InChI is InChI=1S/C20H23NO5S/c1-5-27(24,25)18-9-7-6-8-16(18)20(23)26-15(4)19(22)21-17-11-10-13(2)12-14(17)3/h6-12,15H,5H2,1-4H3,(H,21,22)/t15-/m0/s1. The van der Waals surface area contributed by atoms with Gasteiger partial charge in [0.25, 0.3) is 5.91 Å². The Kier molecular flexibility index (Phi) is 6.38. The molecule has 7 heteroatoms. The van der Waals surface area contributed by atoms with Crippen LogP contribution in [0.2, 0.25) is 0 Å². The summed E-state index contributed by atoms with van der Waals surface area (Å²) in [6.07, 6.45) is -1.09. The molecule has 0 aliphatic rings. The van der Waals surface area contributed by atoms with E-state index in [2.05, 4.69) is 5.32 Å². The van der Waals surface area contributed by atoms with E-state index in [9.17, 15) is 18.0 Å². The largest absolute Gasteiger partial charge is 0.449 e. The lowest BCUT2D eigenvalue weighted by atomic mass is 10.1. The second-order valence-corrected chi connectivity index (χ2v) is 8.50. The Morgan fingerprint density at radius 1 is 1.11 bits per heavy atom. The molecule has 0 spiro atoms. The first-order chi connectivity index (χ1) is 12.7. The Labute approximate surface area is 159 Å². The molecule has 144 valence electrons. The zero-order valence-electron chi connectivity index (χ0n) is 15.8. The number of amides is 1. The second-order valence-electron chi connectivity index (χ2n) is 6.25. The molecule has 27 heavy (non-hydrogen) atoms. The number of esters is 1. The van der Waals surface area contributed by atoms with Gasteiger partial charge in [-0.25, -0.2) is 13.2 Å². The van der Waals surface area contributed by atoms with Gasteiger partial charge in [0.05, 0.1) is 16.2 Å². The number of anilines is 1. The molecule has 1 atom stereocenters. The van der Waals surface area contributed by atoms with Crippen molar-refractivity contribution in [3.05, 3.63) is 59.2 Å². The number of carbonyl (C=O) groups excluding carboxylic acids is 2. The fourth-order valence-electron chi connectivity index (χ4n) is 2.53. The topological polar surface area (TPSA) is 89.5 Å². The summed E-state index contributed by atoms with van der Waals surface area (Å²) >= 11 is 0. The van der Waals surface area contributed by atoms with E-state index < -0.39 is 27.8 Å². The molecule has 0 bridgehead atoms. The summed E-state index contributed by atoms with van der Waals surface area (Å²) in [4.78, 5) is 24.7. The van der Waals surface area contributed by atoms with Crippen molar-refractivity contribution in [2.45, 2.75) is 38.7 Å². The highest BCUT2D eigenvalue weighted by Crippen LogP contribution is 2.20. The molecule has 2 aromatic rings. The van der Waals surface area contributed by atoms with Crippen LogP contribution in [0, 0.1) is 13.8 Å². The van der Waals surface area contributed by atoms with E-state index in [1.54, 1.807) is 12.1 Å². The van der Waals surface area contributed by atoms with Gasteiger partial charge in [0, 0.05) is 5.69 Å². The fourth-order valence-corrected chi connectivity index (χ4v) is 3.61. The molecule has 2 rings (SSSR count). The number of hydrogen-bond donors (Lipinski definition) is 1. The summed E-state index contributed by atoms with van der Waals surface area (Å²) in [6.45, 7) is 6.75. The van der Waals surface area contributed by atoms with E-state index in [1.807, 2.05) is 26.0 Å². The number of aryl methyl sites for hydroxylation is 2. The molecule has 6 nitrogen and oxygen atoms in total. The van der Waals surface area contributed by atoms with E-state index in [0.717, 1.165) is 11.1 Å². The van der Waals surface area contributed by atoms with Crippen LogP contribution in [0.4, 0.5) is 5.69 Å². The number of ether oxygens (including phenoxy) is 1. The predicted octanol–water partition coefficient (Wildman–Crippen LogP) is 3.28. The lowest BCUT2D eigenvalue weighted by Gasteiger charge is -2.16. The maximum atomic E-state index is 12.4. The highest BCUT2D eigenvalue weighted by atomic mass is 32.2. The Morgan fingerprint density at radius 2 is 1.78 bits per heavy atom. The quantitative estimate of drug-likeness (QED) is 0.766. The Hall–Kier alpha value is -2.67. The van der Waals surface area contributed by atoms with Crippen LogP contribution in [0.25, 0.3) is 0 Å². The Balaban J connectivity index is 2.15. The molecule has 1 N–H and O–H groups in total. The van der Waals surface area contributed by atoms with Crippen molar-refractivity contribution in [3.8, 4) is 0 Å². The van der Waals surface area contributed by atoms with Gasteiger partial charge >= 0.3 is 5.97 Å². The molecule has 0 aromatic heterocycles. The van der Waals surface area contributed by atoms with Crippen molar-refractivity contribution < 1.29 is 22.7 Å². The van der Waals surface area contributed by atoms with Crippen LogP contribution in [0.15, 0.2) is 47.4 Å². The minimum atomic E-state index is -3.59. The summed E-state index contributed by atoms with van der Waals surface area (Å²) in [5.41, 5.74) is 2.51. The van der Waals surface area contributed by atoms with Gasteiger partial charge in [-0.15, -0.1) is 0 Å². The second kappa shape index (κ2) is 8.35. The lowest BCUT2D eigenvalue weighted by Crippen LogP contribution is -2.30. The number of carbonyl (C=O) groups is 2. The summed E-state index contributed by atoms with van der Waals surface area (Å²) in [7, 11) is -3.59. The van der Waals surface area contributed by atoms with Crippen molar-refractivity contribution >= 4 is 27.4 Å². The Morgan fingerprint density at radius 3 is 2.41 bits per heavy atom. The third kappa shape index (κ3) is 4.95. The maximum Gasteiger partial charge on any atom is 0.340 e. The van der Waals surface area contributed by atoms with E-state index in [0.29, 0.717) is 5.69 Å². The normalized spacial score (nSPS) is 12.3. The zero-order valence-corrected chi connectivity index (χ0v) is 16.6. The first-order valence-corrected chi connectivity index (χ1v) is 10.2. The monoisotopic (exact) mass is 389 g/mol. The molecule has 0 aliphatic carbocycles. The van der Waals surface area contributed by atoms with Crippen molar-refractivity contribution in [1.29, 1.82) is 0 Å². The van der Waals surface area contributed by atoms with E-state index >= 15 is 0 Å². The smallest absolute Gasteiger partial charge is 0.340 e. The maximum absolute atomic E-state index is 12.4. The molecule has 0 heterocycles. The molecule has 0 aliphatic heterocycles. The molecule has 0 saturated heterocycles. The molecule has 0 fully saturated rings. The van der Waals surface area contributed by atoms with Crippen LogP contribution in [-0.2, 0) is 19.4 Å². The summed E-state index contributed by atoms with van der Waals surface area (Å²) < 4.78 is 29.5. The molecular weight excluding hydrogens is 366 g/mol. The van der Waals surface area contributed by atoms with Crippen LogP contribution in [0.1, 0.15) is 35.3 Å². The third-order valence-corrected chi connectivity index (χ3v) is 5.90. The average molecular weight is 389 g/mol. The number of hydrogen-bond acceptors (Lipinski definition) is 5. The van der Waals surface area contributed by atoms with Crippen molar-refractivity contribution in [2.75, 3.05) is 11.1 Å². The molecule has 1 amide bonds. The lowest BCUT2D eigenvalue weighted by molar-refractivity contribution is -0.123. The number of nitrogens with one attached hydrogen (secondary N) is 1. The molecular formula is C20H23NO5S. The van der Waals surface area contributed by atoms with Gasteiger partial charge in [-0.1, -0.05) is 36.8 Å². The first kappa shape index (κ1) is 20.6. The van der Waals surface area contributed by atoms with Crippen molar-refractivity contribution in [3.63, 3.8) is 0 Å². The van der Waals surface area contributed by atoms with Gasteiger partial charge < -0.3 is 10.1 Å². The van der Waals surface area contributed by atoms with Gasteiger partial charge in [-0.2, -0.15) is 0 Å². The van der Waals surface area contributed by atoms with Crippen LogP contribution in [-0.4, -0.2) is 32.2 Å². The van der Waals surface area contributed by atoms with E-state index in [-0.39, 0.29) is 16.2 Å². The van der Waals surface area contributed by atoms with Crippen molar-refractivity contribution in [1.82, 2.24) is 0 Å². The molecule has 0 unspecified atom stereocenters. The average Bonchev–Trinajstić information content (AvgIpc) is 2.63. The SMILES string of the molecule is CCS(=O)(=O)c1ccccc1C(=O)O[C@@H](C)C(=O)Nc1ccc(C)cc1C. The number of rotatable bonds is 6. The zero-order chi connectivity index (χ0) is 20.2. The van der Waals surface area contributed by atoms with E-state index in [1.165, 1.54) is 32.0 Å². The number of sulfone groups is 1. The molecule has 2 aromatic carbocycles. The predicted molar refractivity (Wildman–Crippen MR) is 104 cm³/mol. The third-order valence-electron chi connectivity index (χ3n) is 4.11. The van der Waals surface area contributed by atoms with Gasteiger partial charge in [-0.05, 0) is 44.5 Å². The van der Waals surface area contributed by atoms with Gasteiger partial charge in [0.15, 0.2) is 15.9 Å². The van der Waals surface area contributed by atoms with Crippen LogP contribution < -0.4 is 5.32 Å². The molecule has 0 saturated carbocycles. The van der Waals surface area contributed by atoms with E-state index in [4.69, 9.17) is 4.74 Å². The van der Waals surface area contributed by atoms with Crippen molar-refractivity contribution in [2.24, 2.45) is 0 Å². The highest BCUT2D eigenvalue weighted by Gasteiger charge is 2.25. The highest BCUT2D eigenvalue weighted by molar-refractivity contribution is 7.91. The van der Waals surface area contributed by atoms with Crippen LogP contribution in [0.3, 0.4) is 0 Å². The minimum Gasteiger partial charge on any atom is -0.449 e. The Bertz CT molecular complexity index is 966. The van der Waals surface area contributed by atoms with Gasteiger partial charge in [-0.3, -0.25) is 4.79 Å². The molecule has 0 radical (unpaired) electrons. The number of benzene rings is 2. The van der Waals surface area contributed by atoms with Crippen LogP contribution in [0.5, 0.6) is 0 Å². The summed E-state index contributed by atoms with van der Waals surface area (Å²) in [6, 6.07) is 11.4. The summed E-state index contributed by atoms with van der Waals surface area (Å²) in [5, 5.41) is 2.72. The first-order valence-electron chi connectivity index (χ1n) is 8.56. The van der Waals surface area contributed by atoms with Crippen LogP contribution >= 0.6 is 0 Å². The minimum absolute atomic E-state index is 0.0782.